The first-order valence-electron chi connectivity index (χ1n) is 4.76. The second-order valence-corrected chi connectivity index (χ2v) is 3.05. The molecular formula is C12H10N2O2. The molecule has 16 heavy (non-hydrogen) atoms. The zero-order chi connectivity index (χ0) is 11.2. The third-order valence-electron chi connectivity index (χ3n) is 1.94. The summed E-state index contributed by atoms with van der Waals surface area (Å²) in [6.45, 7) is 0. The van der Waals surface area contributed by atoms with Crippen molar-refractivity contribution in [3.05, 3.63) is 54.9 Å². The van der Waals surface area contributed by atoms with Crippen molar-refractivity contribution in [1.82, 2.24) is 10.1 Å². The van der Waals surface area contributed by atoms with E-state index in [1.54, 1.807) is 0 Å². The van der Waals surface area contributed by atoms with Crippen molar-refractivity contribution < 1.29 is 9.63 Å². The molecule has 0 aliphatic rings. The van der Waals surface area contributed by atoms with E-state index in [1.807, 2.05) is 30.5 Å². The van der Waals surface area contributed by atoms with E-state index in [0.29, 0.717) is 0 Å². The molecule has 0 amide bonds. The summed E-state index contributed by atoms with van der Waals surface area (Å²) in [6, 6.07) is 13.4. The molecule has 1 aromatic carbocycles. The normalized spacial score (nSPS) is 9.50. The van der Waals surface area contributed by atoms with Gasteiger partial charge < -0.3 is 9.63 Å². The Bertz CT molecular complexity index is 484. The van der Waals surface area contributed by atoms with Gasteiger partial charge in [0.1, 0.15) is 0 Å². The topological polar surface area (TPSA) is 59.2 Å². The maximum atomic E-state index is 8.24. The minimum absolute atomic E-state index is 0.144. The van der Waals surface area contributed by atoms with Crippen LogP contribution >= 0.6 is 0 Å². The van der Waals surface area contributed by atoms with Crippen LogP contribution in [0.25, 0.3) is 10.9 Å². The summed E-state index contributed by atoms with van der Waals surface area (Å²) in [7, 11) is 0. The number of rotatable bonds is 0. The van der Waals surface area contributed by atoms with Crippen molar-refractivity contribution in [3.63, 3.8) is 0 Å². The summed E-state index contributed by atoms with van der Waals surface area (Å²) >= 11 is 0. The summed E-state index contributed by atoms with van der Waals surface area (Å²) in [5.41, 5.74) is 1.06. The van der Waals surface area contributed by atoms with E-state index >= 15 is 0 Å². The summed E-state index contributed by atoms with van der Waals surface area (Å²) in [5.74, 6) is -0.144. The molecule has 0 fully saturated rings. The van der Waals surface area contributed by atoms with Crippen LogP contribution in [0.4, 0.5) is 0 Å². The van der Waals surface area contributed by atoms with Crippen LogP contribution in [0.3, 0.4) is 0 Å². The highest BCUT2D eigenvalue weighted by Crippen LogP contribution is 2.07. The fraction of sp³-hybridized carbons (Fsp3) is 0. The van der Waals surface area contributed by atoms with Crippen molar-refractivity contribution in [2.45, 2.75) is 0 Å². The van der Waals surface area contributed by atoms with Gasteiger partial charge >= 0.3 is 5.95 Å². The number of hydrogen-bond acceptors (Lipinski definition) is 4. The standard InChI is InChI=1S/C9H7N.C3H3NO2/c1-2-6-9-8(4-1)5-3-7-10-9;5-3-1-2-4-6-3/h1-7H;1-2,5H. The molecule has 0 aliphatic heterocycles. The molecular weight excluding hydrogens is 204 g/mol. The average Bonchev–Trinajstić information content (AvgIpc) is 2.81. The van der Waals surface area contributed by atoms with Gasteiger partial charge in [-0.1, -0.05) is 29.4 Å². The second-order valence-electron chi connectivity index (χ2n) is 3.05. The molecule has 3 aromatic rings. The fourth-order valence-electron chi connectivity index (χ4n) is 1.23. The SMILES string of the molecule is Oc1ccno1.c1ccc2ncccc2c1. The van der Waals surface area contributed by atoms with Gasteiger partial charge in [-0.2, -0.15) is 0 Å². The van der Waals surface area contributed by atoms with Gasteiger partial charge in [0.05, 0.1) is 11.7 Å². The second kappa shape index (κ2) is 4.93. The number of benzene rings is 1. The quantitative estimate of drug-likeness (QED) is 0.625. The van der Waals surface area contributed by atoms with E-state index in [-0.39, 0.29) is 5.95 Å². The summed E-state index contributed by atoms with van der Waals surface area (Å²) < 4.78 is 4.14. The van der Waals surface area contributed by atoms with E-state index in [0.717, 1.165) is 5.52 Å². The van der Waals surface area contributed by atoms with Gasteiger partial charge in [-0.25, -0.2) is 0 Å². The molecule has 0 spiro atoms. The molecule has 0 aliphatic carbocycles. The monoisotopic (exact) mass is 214 g/mol. The van der Waals surface area contributed by atoms with Gasteiger partial charge in [-0.05, 0) is 12.1 Å². The Morgan fingerprint density at radius 2 is 1.75 bits per heavy atom. The maximum Gasteiger partial charge on any atom is 0.308 e. The molecule has 2 aromatic heterocycles. The van der Waals surface area contributed by atoms with Gasteiger partial charge in [0.15, 0.2) is 0 Å². The number of para-hydroxylation sites is 1. The van der Waals surface area contributed by atoms with E-state index in [2.05, 4.69) is 26.8 Å². The van der Waals surface area contributed by atoms with Crippen LogP contribution in [0.5, 0.6) is 5.95 Å². The Morgan fingerprint density at radius 1 is 0.938 bits per heavy atom. The van der Waals surface area contributed by atoms with Crippen LogP contribution < -0.4 is 0 Å². The van der Waals surface area contributed by atoms with E-state index < -0.39 is 0 Å². The van der Waals surface area contributed by atoms with Crippen LogP contribution in [0.2, 0.25) is 0 Å². The van der Waals surface area contributed by atoms with E-state index in [4.69, 9.17) is 5.11 Å². The lowest BCUT2D eigenvalue weighted by Crippen LogP contribution is -1.73. The van der Waals surface area contributed by atoms with Gasteiger partial charge in [-0.3, -0.25) is 4.98 Å². The predicted molar refractivity (Wildman–Crippen MR) is 59.9 cm³/mol. The van der Waals surface area contributed by atoms with Crippen molar-refractivity contribution in [2.24, 2.45) is 0 Å². The molecule has 0 radical (unpaired) electrons. The average molecular weight is 214 g/mol. The molecule has 4 nitrogen and oxygen atoms in total. The molecule has 3 rings (SSSR count). The highest BCUT2D eigenvalue weighted by Gasteiger charge is 1.86. The van der Waals surface area contributed by atoms with Gasteiger partial charge in [-0.15, -0.1) is 0 Å². The molecule has 0 bridgehead atoms. The van der Waals surface area contributed by atoms with E-state index in [1.165, 1.54) is 17.6 Å². The van der Waals surface area contributed by atoms with Crippen LogP contribution in [0.1, 0.15) is 0 Å². The number of pyridine rings is 1. The van der Waals surface area contributed by atoms with Crippen LogP contribution in [-0.4, -0.2) is 15.2 Å². The van der Waals surface area contributed by atoms with Gasteiger partial charge in [0.2, 0.25) is 0 Å². The number of fused-ring (bicyclic) bond motifs is 1. The largest absolute Gasteiger partial charge is 0.479 e. The Kier molecular flexibility index (Phi) is 3.13. The minimum Gasteiger partial charge on any atom is -0.479 e. The highest BCUT2D eigenvalue weighted by atomic mass is 16.5. The number of nitrogens with zero attached hydrogens (tertiary/aromatic N) is 2. The third-order valence-corrected chi connectivity index (χ3v) is 1.94. The number of aromatic hydroxyl groups is 1. The van der Waals surface area contributed by atoms with E-state index in [9.17, 15) is 0 Å². The first kappa shape index (κ1) is 10.2. The molecule has 80 valence electrons. The summed E-state index contributed by atoms with van der Waals surface area (Å²) in [6.07, 6.45) is 3.18. The van der Waals surface area contributed by atoms with Crippen LogP contribution in [0, 0.1) is 0 Å². The Morgan fingerprint density at radius 3 is 2.38 bits per heavy atom. The molecule has 1 N–H and O–H groups in total. The zero-order valence-corrected chi connectivity index (χ0v) is 8.45. The van der Waals surface area contributed by atoms with Crippen molar-refractivity contribution >= 4 is 10.9 Å². The van der Waals surface area contributed by atoms with Crippen molar-refractivity contribution in [2.75, 3.05) is 0 Å². The molecule has 0 unspecified atom stereocenters. The third kappa shape index (κ3) is 2.57. The maximum absolute atomic E-state index is 8.24. The van der Waals surface area contributed by atoms with Gasteiger partial charge in [0, 0.05) is 17.6 Å². The molecule has 2 heterocycles. The van der Waals surface area contributed by atoms with Gasteiger partial charge in [0.25, 0.3) is 0 Å². The Hall–Kier alpha value is -2.36. The minimum atomic E-state index is -0.144. The zero-order valence-electron chi connectivity index (χ0n) is 8.45. The lowest BCUT2D eigenvalue weighted by atomic mass is 10.2. The first-order valence-corrected chi connectivity index (χ1v) is 4.76. The number of hydrogen-bond donors (Lipinski definition) is 1. The van der Waals surface area contributed by atoms with Crippen molar-refractivity contribution in [3.8, 4) is 5.95 Å². The smallest absolute Gasteiger partial charge is 0.308 e. The lowest BCUT2D eigenvalue weighted by Gasteiger charge is -1.91. The Balaban J connectivity index is 0.000000138. The molecule has 0 saturated carbocycles. The van der Waals surface area contributed by atoms with Crippen LogP contribution in [-0.2, 0) is 0 Å². The fourth-order valence-corrected chi connectivity index (χ4v) is 1.23. The van der Waals surface area contributed by atoms with Crippen molar-refractivity contribution in [1.29, 1.82) is 0 Å². The lowest BCUT2D eigenvalue weighted by molar-refractivity contribution is 0.278. The highest BCUT2D eigenvalue weighted by molar-refractivity contribution is 5.77. The Labute approximate surface area is 92.2 Å². The summed E-state index contributed by atoms with van der Waals surface area (Å²) in [4.78, 5) is 4.18. The van der Waals surface area contributed by atoms with Crippen LogP contribution in [0.15, 0.2) is 59.4 Å². The predicted octanol–water partition coefficient (Wildman–Crippen LogP) is 2.62. The first-order chi connectivity index (χ1) is 7.86. The molecule has 0 saturated heterocycles. The number of aromatic nitrogens is 2. The molecule has 4 heteroatoms. The summed E-state index contributed by atoms with van der Waals surface area (Å²) in [5, 5.41) is 12.6. The molecule has 0 atom stereocenters.